The second-order valence-electron chi connectivity index (χ2n) is 6.19. The quantitative estimate of drug-likeness (QED) is 0.844. The van der Waals surface area contributed by atoms with Crippen LogP contribution in [0.4, 0.5) is 18.9 Å². The number of halogens is 3. The van der Waals surface area contributed by atoms with E-state index in [2.05, 4.69) is 10.1 Å². The molecule has 1 fully saturated rings. The van der Waals surface area contributed by atoms with Crippen molar-refractivity contribution < 1.29 is 32.6 Å². The van der Waals surface area contributed by atoms with Gasteiger partial charge in [0.05, 0.1) is 12.5 Å². The summed E-state index contributed by atoms with van der Waals surface area (Å²) in [6.45, 7) is 2.87. The number of likely N-dealkylation sites (tertiary alicyclic amines) is 1. The Labute approximate surface area is 142 Å². The van der Waals surface area contributed by atoms with Crippen LogP contribution in [0, 0.1) is 11.8 Å². The third kappa shape index (κ3) is 6.26. The van der Waals surface area contributed by atoms with Gasteiger partial charge in [0.15, 0.2) is 0 Å². The molecule has 2 rings (SSSR count). The molecule has 0 aliphatic carbocycles. The molecule has 6 nitrogen and oxygen atoms in total. The van der Waals surface area contributed by atoms with Gasteiger partial charge in [-0.2, -0.15) is 0 Å². The summed E-state index contributed by atoms with van der Waals surface area (Å²) >= 11 is 0. The van der Waals surface area contributed by atoms with Crippen LogP contribution in [-0.2, 0) is 9.59 Å². The minimum atomic E-state index is -4.77. The summed E-state index contributed by atoms with van der Waals surface area (Å²) < 4.78 is 40.0. The van der Waals surface area contributed by atoms with E-state index in [1.807, 2.05) is 6.92 Å². The smallest absolute Gasteiger partial charge is 0.481 e. The van der Waals surface area contributed by atoms with E-state index in [4.69, 9.17) is 5.11 Å². The number of carbonyl (C=O) groups is 2. The Bertz CT molecular complexity index is 619. The number of ether oxygens (including phenoxy) is 1. The van der Waals surface area contributed by atoms with Crippen molar-refractivity contribution in [1.82, 2.24) is 4.90 Å². The molecule has 25 heavy (non-hydrogen) atoms. The molecule has 0 saturated carbocycles. The van der Waals surface area contributed by atoms with Crippen LogP contribution in [0.3, 0.4) is 0 Å². The van der Waals surface area contributed by atoms with E-state index >= 15 is 0 Å². The highest BCUT2D eigenvalue weighted by molar-refractivity contribution is 5.92. The van der Waals surface area contributed by atoms with Crippen LogP contribution >= 0.6 is 0 Å². The Morgan fingerprint density at radius 3 is 2.48 bits per heavy atom. The SMILES string of the molecule is CC1CC(C(=O)O)CN(CC(=O)Nc2ccc(OC(F)(F)F)cc2)C1. The average molecular weight is 360 g/mol. The number of carbonyl (C=O) groups excluding carboxylic acids is 1. The third-order valence-corrected chi connectivity index (χ3v) is 3.82. The van der Waals surface area contributed by atoms with Crippen molar-refractivity contribution in [2.45, 2.75) is 19.7 Å². The second-order valence-corrected chi connectivity index (χ2v) is 6.19. The molecular weight excluding hydrogens is 341 g/mol. The Morgan fingerprint density at radius 2 is 1.92 bits per heavy atom. The number of alkyl halides is 3. The monoisotopic (exact) mass is 360 g/mol. The van der Waals surface area contributed by atoms with Crippen molar-refractivity contribution in [3.05, 3.63) is 24.3 Å². The maximum atomic E-state index is 12.1. The normalized spacial score (nSPS) is 21.6. The van der Waals surface area contributed by atoms with Gasteiger partial charge < -0.3 is 15.2 Å². The molecule has 2 unspecified atom stereocenters. The van der Waals surface area contributed by atoms with Crippen LogP contribution in [0.15, 0.2) is 24.3 Å². The summed E-state index contributed by atoms with van der Waals surface area (Å²) in [5.74, 6) is -1.95. The molecule has 0 radical (unpaired) electrons. The number of hydrogen-bond donors (Lipinski definition) is 2. The molecule has 0 bridgehead atoms. The Balaban J connectivity index is 1.88. The molecule has 1 aliphatic rings. The van der Waals surface area contributed by atoms with E-state index in [9.17, 15) is 22.8 Å². The highest BCUT2D eigenvalue weighted by atomic mass is 19.4. The number of benzene rings is 1. The first kappa shape index (κ1) is 19.0. The zero-order valence-corrected chi connectivity index (χ0v) is 13.5. The van der Waals surface area contributed by atoms with E-state index in [0.29, 0.717) is 25.2 Å². The molecule has 1 aromatic carbocycles. The van der Waals surface area contributed by atoms with Gasteiger partial charge in [-0.3, -0.25) is 14.5 Å². The molecule has 1 aliphatic heterocycles. The molecule has 138 valence electrons. The lowest BCUT2D eigenvalue weighted by Gasteiger charge is -2.34. The molecule has 1 saturated heterocycles. The van der Waals surface area contributed by atoms with Gasteiger partial charge in [-0.1, -0.05) is 6.92 Å². The fraction of sp³-hybridized carbons (Fsp3) is 0.500. The van der Waals surface area contributed by atoms with Crippen molar-refractivity contribution >= 4 is 17.6 Å². The Morgan fingerprint density at radius 1 is 1.28 bits per heavy atom. The maximum absolute atomic E-state index is 12.1. The fourth-order valence-corrected chi connectivity index (χ4v) is 2.91. The van der Waals surface area contributed by atoms with E-state index in [1.54, 1.807) is 4.90 Å². The molecule has 0 spiro atoms. The summed E-state index contributed by atoms with van der Waals surface area (Å²) in [5, 5.41) is 11.7. The zero-order valence-electron chi connectivity index (χ0n) is 13.5. The van der Waals surface area contributed by atoms with Crippen molar-refractivity contribution in [2.75, 3.05) is 25.0 Å². The summed E-state index contributed by atoms with van der Waals surface area (Å²) in [6.07, 6.45) is -4.19. The Kier molecular flexibility index (Phi) is 5.89. The first-order chi connectivity index (χ1) is 11.6. The van der Waals surface area contributed by atoms with Gasteiger partial charge in [-0.15, -0.1) is 13.2 Å². The Hall–Kier alpha value is -2.29. The number of carboxylic acid groups (broad SMARTS) is 1. The molecule has 1 amide bonds. The number of rotatable bonds is 5. The van der Waals surface area contributed by atoms with Crippen LogP contribution in [0.5, 0.6) is 5.75 Å². The van der Waals surface area contributed by atoms with Crippen LogP contribution in [0.1, 0.15) is 13.3 Å². The number of anilines is 1. The highest BCUT2D eigenvalue weighted by Gasteiger charge is 2.31. The van der Waals surface area contributed by atoms with Gasteiger partial charge in [-0.05, 0) is 36.6 Å². The van der Waals surface area contributed by atoms with Gasteiger partial charge >= 0.3 is 12.3 Å². The summed E-state index contributed by atoms with van der Waals surface area (Å²) in [4.78, 5) is 25.0. The average Bonchev–Trinajstić information content (AvgIpc) is 2.47. The minimum Gasteiger partial charge on any atom is -0.481 e. The molecule has 9 heteroatoms. The molecule has 2 atom stereocenters. The fourth-order valence-electron chi connectivity index (χ4n) is 2.91. The number of nitrogens with one attached hydrogen (secondary N) is 1. The number of aliphatic carboxylic acids is 1. The lowest BCUT2D eigenvalue weighted by atomic mass is 9.90. The van der Waals surface area contributed by atoms with Crippen LogP contribution in [-0.4, -0.2) is 47.9 Å². The molecule has 0 aromatic heterocycles. The predicted molar refractivity (Wildman–Crippen MR) is 83.1 cm³/mol. The number of piperidine rings is 1. The molecular formula is C16H19F3N2O4. The van der Waals surface area contributed by atoms with Gasteiger partial charge in [0.1, 0.15) is 5.75 Å². The van der Waals surface area contributed by atoms with Crippen molar-refractivity contribution in [2.24, 2.45) is 11.8 Å². The summed E-state index contributed by atoms with van der Waals surface area (Å²) in [5.41, 5.74) is 0.333. The van der Waals surface area contributed by atoms with E-state index in [1.165, 1.54) is 12.1 Å². The lowest BCUT2D eigenvalue weighted by molar-refractivity contribution is -0.274. The minimum absolute atomic E-state index is 0.0227. The topological polar surface area (TPSA) is 78.9 Å². The first-order valence-corrected chi connectivity index (χ1v) is 7.73. The number of amides is 1. The summed E-state index contributed by atoms with van der Waals surface area (Å²) in [7, 11) is 0. The second kappa shape index (κ2) is 7.73. The molecule has 2 N–H and O–H groups in total. The number of nitrogens with zero attached hydrogens (tertiary/aromatic N) is 1. The molecule has 1 aromatic rings. The van der Waals surface area contributed by atoms with Crippen LogP contribution < -0.4 is 10.1 Å². The van der Waals surface area contributed by atoms with Gasteiger partial charge in [0.2, 0.25) is 5.91 Å². The number of carboxylic acids is 1. The largest absolute Gasteiger partial charge is 0.573 e. The van der Waals surface area contributed by atoms with Gasteiger partial charge in [0.25, 0.3) is 0 Å². The number of hydrogen-bond acceptors (Lipinski definition) is 4. The zero-order chi connectivity index (χ0) is 18.6. The van der Waals surface area contributed by atoms with Crippen LogP contribution in [0.2, 0.25) is 0 Å². The third-order valence-electron chi connectivity index (χ3n) is 3.82. The lowest BCUT2D eigenvalue weighted by Crippen LogP contribution is -2.45. The van der Waals surface area contributed by atoms with E-state index in [-0.39, 0.29) is 24.1 Å². The first-order valence-electron chi connectivity index (χ1n) is 7.73. The van der Waals surface area contributed by atoms with E-state index in [0.717, 1.165) is 12.1 Å². The predicted octanol–water partition coefficient (Wildman–Crippen LogP) is 2.57. The van der Waals surface area contributed by atoms with Crippen molar-refractivity contribution in [3.8, 4) is 5.75 Å². The van der Waals surface area contributed by atoms with Gasteiger partial charge in [-0.25, -0.2) is 0 Å². The highest BCUT2D eigenvalue weighted by Crippen LogP contribution is 2.24. The standard InChI is InChI=1S/C16H19F3N2O4/c1-10-6-11(15(23)24)8-21(7-10)9-14(22)20-12-2-4-13(5-3-12)25-16(17,18)19/h2-5,10-11H,6-9H2,1H3,(H,20,22)(H,23,24). The van der Waals surface area contributed by atoms with Gasteiger partial charge in [0, 0.05) is 18.8 Å². The maximum Gasteiger partial charge on any atom is 0.573 e. The summed E-state index contributed by atoms with van der Waals surface area (Å²) in [6, 6.07) is 4.81. The van der Waals surface area contributed by atoms with Crippen LogP contribution in [0.25, 0.3) is 0 Å². The van der Waals surface area contributed by atoms with E-state index < -0.39 is 18.2 Å². The van der Waals surface area contributed by atoms with Crippen molar-refractivity contribution in [1.29, 1.82) is 0 Å². The molecule has 1 heterocycles. The van der Waals surface area contributed by atoms with Crippen molar-refractivity contribution in [3.63, 3.8) is 0 Å².